The van der Waals surface area contributed by atoms with Gasteiger partial charge >= 0.3 is 5.76 Å². The fourth-order valence-electron chi connectivity index (χ4n) is 2.44. The van der Waals surface area contributed by atoms with Crippen LogP contribution in [0, 0.1) is 5.92 Å². The maximum absolute atomic E-state index is 11.0. The second-order valence-corrected chi connectivity index (χ2v) is 4.79. The molecule has 0 aliphatic heterocycles. The summed E-state index contributed by atoms with van der Waals surface area (Å²) in [5.74, 6) is 0.00417. The highest BCUT2D eigenvalue weighted by atomic mass is 16.4. The number of aromatic nitrogens is 1. The van der Waals surface area contributed by atoms with Crippen LogP contribution in [0.15, 0.2) is 27.4 Å². The van der Waals surface area contributed by atoms with Crippen molar-refractivity contribution in [3.63, 3.8) is 0 Å². The van der Waals surface area contributed by atoms with E-state index in [1.54, 1.807) is 0 Å². The second-order valence-electron chi connectivity index (χ2n) is 4.79. The summed E-state index contributed by atoms with van der Waals surface area (Å²) in [5.41, 5.74) is 14.2. The molecule has 5 heteroatoms. The zero-order valence-corrected chi connectivity index (χ0v) is 9.35. The Bertz CT molecular complexity index is 595. The van der Waals surface area contributed by atoms with Crippen LogP contribution in [0.25, 0.3) is 11.1 Å². The SMILES string of the molecule is NC1CC(C(N)c2ccc3[nH]c(=O)oc3c2)C1. The van der Waals surface area contributed by atoms with E-state index in [1.807, 2.05) is 18.2 Å². The van der Waals surface area contributed by atoms with Gasteiger partial charge in [-0.15, -0.1) is 0 Å². The summed E-state index contributed by atoms with van der Waals surface area (Å²) < 4.78 is 5.02. The highest BCUT2D eigenvalue weighted by molar-refractivity contribution is 5.72. The Morgan fingerprint density at radius 3 is 2.88 bits per heavy atom. The molecule has 17 heavy (non-hydrogen) atoms. The number of hydrogen-bond acceptors (Lipinski definition) is 4. The first kappa shape index (κ1) is 10.6. The van der Waals surface area contributed by atoms with Gasteiger partial charge in [0.1, 0.15) is 0 Å². The van der Waals surface area contributed by atoms with Crippen LogP contribution in [-0.4, -0.2) is 11.0 Å². The van der Waals surface area contributed by atoms with Crippen LogP contribution in [0.1, 0.15) is 24.4 Å². The zero-order valence-electron chi connectivity index (χ0n) is 9.35. The molecule has 90 valence electrons. The molecule has 1 saturated carbocycles. The predicted octanol–water partition coefficient (Wildman–Crippen LogP) is 0.858. The molecule has 5 nitrogen and oxygen atoms in total. The summed E-state index contributed by atoms with van der Waals surface area (Å²) in [7, 11) is 0. The van der Waals surface area contributed by atoms with Crippen molar-refractivity contribution in [3.05, 3.63) is 34.3 Å². The lowest BCUT2D eigenvalue weighted by atomic mass is 9.74. The minimum absolute atomic E-state index is 0.0283. The largest absolute Gasteiger partial charge is 0.417 e. The van der Waals surface area contributed by atoms with Crippen LogP contribution in [0.2, 0.25) is 0 Å². The number of benzene rings is 1. The lowest BCUT2D eigenvalue weighted by molar-refractivity contribution is 0.224. The van der Waals surface area contributed by atoms with Crippen molar-refractivity contribution in [2.24, 2.45) is 17.4 Å². The lowest BCUT2D eigenvalue weighted by Crippen LogP contribution is -2.41. The highest BCUT2D eigenvalue weighted by Crippen LogP contribution is 2.36. The molecule has 0 radical (unpaired) electrons. The highest BCUT2D eigenvalue weighted by Gasteiger charge is 2.31. The van der Waals surface area contributed by atoms with Gasteiger partial charge in [-0.2, -0.15) is 0 Å². The summed E-state index contributed by atoms with van der Waals surface area (Å²) in [6.07, 6.45) is 1.94. The van der Waals surface area contributed by atoms with Crippen molar-refractivity contribution in [2.45, 2.75) is 24.9 Å². The normalized spacial score (nSPS) is 25.8. The topological polar surface area (TPSA) is 98.0 Å². The molecule has 0 amide bonds. The van der Waals surface area contributed by atoms with Crippen molar-refractivity contribution < 1.29 is 4.42 Å². The van der Waals surface area contributed by atoms with Crippen LogP contribution in [0.3, 0.4) is 0 Å². The third kappa shape index (κ3) is 1.77. The maximum Gasteiger partial charge on any atom is 0.417 e. The minimum atomic E-state index is -0.434. The number of nitrogens with one attached hydrogen (secondary N) is 1. The van der Waals surface area contributed by atoms with E-state index in [2.05, 4.69) is 4.98 Å². The lowest BCUT2D eigenvalue weighted by Gasteiger charge is -2.36. The fourth-order valence-corrected chi connectivity index (χ4v) is 2.44. The van der Waals surface area contributed by atoms with E-state index >= 15 is 0 Å². The van der Waals surface area contributed by atoms with Crippen molar-refractivity contribution >= 4 is 11.1 Å². The smallest absolute Gasteiger partial charge is 0.408 e. The number of oxazole rings is 1. The molecule has 1 heterocycles. The average Bonchev–Trinajstić information content (AvgIpc) is 2.62. The Kier molecular flexibility index (Phi) is 2.31. The maximum atomic E-state index is 11.0. The van der Waals surface area contributed by atoms with Gasteiger partial charge in [-0.05, 0) is 36.5 Å². The van der Waals surface area contributed by atoms with E-state index in [-0.39, 0.29) is 6.04 Å². The third-order valence-corrected chi connectivity index (χ3v) is 3.55. The summed E-state index contributed by atoms with van der Waals surface area (Å²) in [6.45, 7) is 0. The van der Waals surface area contributed by atoms with Crippen LogP contribution < -0.4 is 17.2 Å². The number of aromatic amines is 1. The first-order valence-corrected chi connectivity index (χ1v) is 5.77. The standard InChI is InChI=1S/C12H15N3O2/c13-8-3-7(4-8)11(14)6-1-2-9-10(5-6)17-12(16)15-9/h1-2,5,7-8,11H,3-4,13-14H2,(H,15,16). The minimum Gasteiger partial charge on any atom is -0.408 e. The second kappa shape index (κ2) is 3.72. The van der Waals surface area contributed by atoms with Crippen molar-refractivity contribution in [3.8, 4) is 0 Å². The van der Waals surface area contributed by atoms with Gasteiger partial charge in [-0.1, -0.05) is 6.07 Å². The molecule has 2 aromatic rings. The van der Waals surface area contributed by atoms with Crippen molar-refractivity contribution in [2.75, 3.05) is 0 Å². The number of nitrogens with two attached hydrogens (primary N) is 2. The van der Waals surface area contributed by atoms with Gasteiger partial charge in [0, 0.05) is 12.1 Å². The van der Waals surface area contributed by atoms with Crippen molar-refractivity contribution in [1.29, 1.82) is 0 Å². The molecule has 1 aromatic carbocycles. The molecule has 1 unspecified atom stereocenters. The van der Waals surface area contributed by atoms with Gasteiger partial charge in [0.05, 0.1) is 5.52 Å². The molecule has 0 spiro atoms. The van der Waals surface area contributed by atoms with Crippen LogP contribution in [0.5, 0.6) is 0 Å². The quantitative estimate of drug-likeness (QED) is 0.716. The van der Waals surface area contributed by atoms with Gasteiger partial charge in [0.25, 0.3) is 0 Å². The molecule has 0 saturated heterocycles. The Morgan fingerprint density at radius 1 is 1.41 bits per heavy atom. The van der Waals surface area contributed by atoms with Gasteiger partial charge < -0.3 is 15.9 Å². The van der Waals surface area contributed by atoms with E-state index < -0.39 is 5.76 Å². The van der Waals surface area contributed by atoms with E-state index in [1.165, 1.54) is 0 Å². The van der Waals surface area contributed by atoms with Gasteiger partial charge in [0.2, 0.25) is 0 Å². The number of fused-ring (bicyclic) bond motifs is 1. The first-order valence-electron chi connectivity index (χ1n) is 5.77. The predicted molar refractivity (Wildman–Crippen MR) is 64.5 cm³/mol. The van der Waals surface area contributed by atoms with Crippen molar-refractivity contribution in [1.82, 2.24) is 4.98 Å². The molecule has 1 aliphatic rings. The molecule has 0 bridgehead atoms. The number of H-pyrrole nitrogens is 1. The molecule has 5 N–H and O–H groups in total. The third-order valence-electron chi connectivity index (χ3n) is 3.55. The number of hydrogen-bond donors (Lipinski definition) is 3. The summed E-state index contributed by atoms with van der Waals surface area (Å²) in [4.78, 5) is 13.7. The van der Waals surface area contributed by atoms with E-state index in [0.717, 1.165) is 18.4 Å². The Morgan fingerprint density at radius 2 is 2.18 bits per heavy atom. The monoisotopic (exact) mass is 233 g/mol. The van der Waals surface area contributed by atoms with E-state index in [0.29, 0.717) is 23.1 Å². The Labute approximate surface area is 97.8 Å². The van der Waals surface area contributed by atoms with Crippen LogP contribution >= 0.6 is 0 Å². The molecule has 1 fully saturated rings. The van der Waals surface area contributed by atoms with Gasteiger partial charge in [-0.3, -0.25) is 4.98 Å². The summed E-state index contributed by atoms with van der Waals surface area (Å²) in [5, 5.41) is 0. The number of rotatable bonds is 2. The Hall–Kier alpha value is -1.59. The summed E-state index contributed by atoms with van der Waals surface area (Å²) >= 11 is 0. The van der Waals surface area contributed by atoms with Crippen LogP contribution in [-0.2, 0) is 0 Å². The van der Waals surface area contributed by atoms with E-state index in [9.17, 15) is 4.79 Å². The fraction of sp³-hybridized carbons (Fsp3) is 0.417. The summed E-state index contributed by atoms with van der Waals surface area (Å²) in [6, 6.07) is 5.86. The zero-order chi connectivity index (χ0) is 12.0. The Balaban J connectivity index is 1.92. The van der Waals surface area contributed by atoms with Gasteiger partial charge in [0.15, 0.2) is 5.58 Å². The van der Waals surface area contributed by atoms with Crippen LogP contribution in [0.4, 0.5) is 0 Å². The molecule has 1 aromatic heterocycles. The molecule has 3 rings (SSSR count). The molecule has 1 atom stereocenters. The average molecular weight is 233 g/mol. The molecular formula is C12H15N3O2. The molecular weight excluding hydrogens is 218 g/mol. The van der Waals surface area contributed by atoms with Gasteiger partial charge in [-0.25, -0.2) is 4.79 Å². The first-order chi connectivity index (χ1) is 8.13. The van der Waals surface area contributed by atoms with E-state index in [4.69, 9.17) is 15.9 Å². The molecule has 1 aliphatic carbocycles.